The lowest BCUT2D eigenvalue weighted by Crippen LogP contribution is -2.45. The average Bonchev–Trinajstić information content (AvgIpc) is 2.95. The molecule has 1 amide bonds. The van der Waals surface area contributed by atoms with Gasteiger partial charge in [-0.1, -0.05) is 20.8 Å². The third-order valence-electron chi connectivity index (χ3n) is 4.41. The lowest BCUT2D eigenvalue weighted by molar-refractivity contribution is 0.176. The zero-order valence-electron chi connectivity index (χ0n) is 13.1. The molecule has 6 heteroatoms. The van der Waals surface area contributed by atoms with Crippen molar-refractivity contribution in [2.75, 3.05) is 13.1 Å². The van der Waals surface area contributed by atoms with Crippen molar-refractivity contribution in [3.63, 3.8) is 0 Å². The molecule has 0 N–H and O–H groups in total. The van der Waals surface area contributed by atoms with E-state index in [2.05, 4.69) is 38.8 Å². The van der Waals surface area contributed by atoms with E-state index >= 15 is 0 Å². The molecule has 1 fully saturated rings. The van der Waals surface area contributed by atoms with Crippen molar-refractivity contribution in [1.29, 1.82) is 0 Å². The Balaban J connectivity index is 1.95. The van der Waals surface area contributed by atoms with Crippen LogP contribution in [0, 0.1) is 0 Å². The highest BCUT2D eigenvalue weighted by molar-refractivity contribution is 6.74. The summed E-state index contributed by atoms with van der Waals surface area (Å²) in [7, 11) is -1.76. The zero-order valence-corrected chi connectivity index (χ0v) is 14.1. The van der Waals surface area contributed by atoms with Crippen LogP contribution in [-0.2, 0) is 4.43 Å². The van der Waals surface area contributed by atoms with Gasteiger partial charge in [0.1, 0.15) is 6.33 Å². The Kier molecular flexibility index (Phi) is 4.06. The number of hydrogen-bond donors (Lipinski definition) is 0. The van der Waals surface area contributed by atoms with Gasteiger partial charge in [-0.3, -0.25) is 4.57 Å². The molecule has 1 aliphatic rings. The fraction of sp³-hybridized carbons (Fsp3) is 0.714. The molecule has 112 valence electrons. The number of imidazole rings is 1. The Morgan fingerprint density at radius 3 is 2.65 bits per heavy atom. The van der Waals surface area contributed by atoms with Crippen LogP contribution in [0.4, 0.5) is 4.79 Å². The van der Waals surface area contributed by atoms with Crippen molar-refractivity contribution in [3.05, 3.63) is 18.7 Å². The maximum Gasteiger partial charge on any atom is 0.329 e. The Hall–Kier alpha value is -1.14. The van der Waals surface area contributed by atoms with Gasteiger partial charge in [0.05, 0.1) is 6.10 Å². The highest BCUT2D eigenvalue weighted by atomic mass is 28.4. The first-order valence-electron chi connectivity index (χ1n) is 7.16. The van der Waals surface area contributed by atoms with Crippen molar-refractivity contribution in [1.82, 2.24) is 14.5 Å². The van der Waals surface area contributed by atoms with E-state index < -0.39 is 8.32 Å². The molecule has 1 aromatic rings. The molecule has 0 aromatic carbocycles. The first kappa shape index (κ1) is 15.2. The Labute approximate surface area is 122 Å². The lowest BCUT2D eigenvalue weighted by atomic mass is 10.2. The van der Waals surface area contributed by atoms with E-state index in [1.165, 1.54) is 4.57 Å². The number of amides is 1. The van der Waals surface area contributed by atoms with Gasteiger partial charge in [0.2, 0.25) is 0 Å². The summed E-state index contributed by atoms with van der Waals surface area (Å²) in [5.74, 6) is 0. The summed E-state index contributed by atoms with van der Waals surface area (Å²) in [6.45, 7) is 12.7. The van der Waals surface area contributed by atoms with E-state index in [4.69, 9.17) is 4.43 Å². The first-order valence-corrected chi connectivity index (χ1v) is 10.1. The van der Waals surface area contributed by atoms with Crippen molar-refractivity contribution < 1.29 is 9.22 Å². The maximum absolute atomic E-state index is 12.2. The number of aromatic nitrogens is 2. The molecule has 20 heavy (non-hydrogen) atoms. The Morgan fingerprint density at radius 2 is 2.10 bits per heavy atom. The molecule has 0 saturated carbocycles. The van der Waals surface area contributed by atoms with E-state index in [1.807, 2.05) is 4.90 Å². The Bertz CT molecular complexity index is 465. The fourth-order valence-electron chi connectivity index (χ4n) is 2.13. The van der Waals surface area contributed by atoms with Crippen LogP contribution < -0.4 is 0 Å². The molecule has 0 spiro atoms. The van der Waals surface area contributed by atoms with Gasteiger partial charge in [0.25, 0.3) is 0 Å². The molecule has 5 nitrogen and oxygen atoms in total. The summed E-state index contributed by atoms with van der Waals surface area (Å²) >= 11 is 0. The fourth-order valence-corrected chi connectivity index (χ4v) is 3.51. The van der Waals surface area contributed by atoms with Crippen LogP contribution in [-0.4, -0.2) is 48.0 Å². The topological polar surface area (TPSA) is 47.4 Å². The van der Waals surface area contributed by atoms with Gasteiger partial charge in [-0.2, -0.15) is 0 Å². The van der Waals surface area contributed by atoms with Gasteiger partial charge in [0.15, 0.2) is 8.32 Å². The van der Waals surface area contributed by atoms with Gasteiger partial charge < -0.3 is 9.33 Å². The minimum absolute atomic E-state index is 0.0103. The molecule has 2 heterocycles. The SMILES string of the molecule is CC(C)(C)[Si](C)(C)OC1CCN(C(=O)n2ccnc2)C1. The second-order valence-electron chi connectivity index (χ2n) is 6.99. The molecule has 0 aliphatic carbocycles. The van der Waals surface area contributed by atoms with Crippen molar-refractivity contribution in [2.45, 2.75) is 51.4 Å². The molecule has 0 radical (unpaired) electrons. The van der Waals surface area contributed by atoms with Gasteiger partial charge in [0, 0.05) is 25.5 Å². The molecule has 1 atom stereocenters. The minimum atomic E-state index is -1.76. The van der Waals surface area contributed by atoms with Crippen LogP contribution in [0.5, 0.6) is 0 Å². The quantitative estimate of drug-likeness (QED) is 0.788. The summed E-state index contributed by atoms with van der Waals surface area (Å²) in [5.41, 5.74) is 0. The molecule has 1 aliphatic heterocycles. The largest absolute Gasteiger partial charge is 0.412 e. The zero-order chi connectivity index (χ0) is 15.0. The average molecular weight is 295 g/mol. The highest BCUT2D eigenvalue weighted by Gasteiger charge is 2.41. The number of likely N-dealkylation sites (tertiary alicyclic amines) is 1. The number of rotatable bonds is 2. The summed E-state index contributed by atoms with van der Waals surface area (Å²) in [6, 6.07) is -0.0103. The third-order valence-corrected chi connectivity index (χ3v) is 8.94. The van der Waals surface area contributed by atoms with Crippen molar-refractivity contribution >= 4 is 14.3 Å². The number of carbonyl (C=O) groups is 1. The predicted octanol–water partition coefficient (Wildman–Crippen LogP) is 2.95. The van der Waals surface area contributed by atoms with Crippen molar-refractivity contribution in [2.24, 2.45) is 0 Å². The van der Waals surface area contributed by atoms with Crippen LogP contribution in [0.15, 0.2) is 18.7 Å². The van der Waals surface area contributed by atoms with E-state index in [1.54, 1.807) is 18.7 Å². The third kappa shape index (κ3) is 3.12. The lowest BCUT2D eigenvalue weighted by Gasteiger charge is -2.38. The highest BCUT2D eigenvalue weighted by Crippen LogP contribution is 2.38. The second-order valence-corrected chi connectivity index (χ2v) is 11.7. The standard InChI is InChI=1S/C14H25N3O2Si/c1-14(2,3)20(4,5)19-12-6-8-16(10-12)13(18)17-9-7-15-11-17/h7,9,11-12H,6,8,10H2,1-5H3. The molecule has 2 rings (SSSR count). The molecule has 1 saturated heterocycles. The van der Waals surface area contributed by atoms with Crippen LogP contribution in [0.2, 0.25) is 18.1 Å². The monoisotopic (exact) mass is 295 g/mol. The van der Waals surface area contributed by atoms with E-state index in [0.717, 1.165) is 13.0 Å². The van der Waals surface area contributed by atoms with Crippen LogP contribution in [0.3, 0.4) is 0 Å². The second kappa shape index (κ2) is 5.33. The Morgan fingerprint density at radius 1 is 1.40 bits per heavy atom. The summed E-state index contributed by atoms with van der Waals surface area (Å²) in [5, 5.41) is 0.203. The van der Waals surface area contributed by atoms with Gasteiger partial charge in [-0.05, 0) is 24.6 Å². The van der Waals surface area contributed by atoms with Gasteiger partial charge >= 0.3 is 6.03 Å². The number of carbonyl (C=O) groups excluding carboxylic acids is 1. The first-order chi connectivity index (χ1) is 9.21. The predicted molar refractivity (Wildman–Crippen MR) is 81.3 cm³/mol. The summed E-state index contributed by atoms with van der Waals surface area (Å²) < 4.78 is 7.90. The van der Waals surface area contributed by atoms with E-state index in [9.17, 15) is 4.79 Å². The normalized spacial score (nSPS) is 20.4. The molecular weight excluding hydrogens is 270 g/mol. The summed E-state index contributed by atoms with van der Waals surface area (Å²) in [4.78, 5) is 18.0. The smallest absolute Gasteiger partial charge is 0.329 e. The molecule has 1 aromatic heterocycles. The van der Waals surface area contributed by atoms with E-state index in [0.29, 0.717) is 6.54 Å². The number of nitrogens with zero attached hydrogens (tertiary/aromatic N) is 3. The molecule has 1 unspecified atom stereocenters. The van der Waals surface area contributed by atoms with Gasteiger partial charge in [-0.25, -0.2) is 9.78 Å². The van der Waals surface area contributed by atoms with Crippen LogP contribution >= 0.6 is 0 Å². The number of hydrogen-bond acceptors (Lipinski definition) is 3. The van der Waals surface area contributed by atoms with Crippen molar-refractivity contribution in [3.8, 4) is 0 Å². The summed E-state index contributed by atoms with van der Waals surface area (Å²) in [6.07, 6.45) is 5.95. The molecular formula is C14H25N3O2Si. The van der Waals surface area contributed by atoms with Crippen LogP contribution in [0.1, 0.15) is 27.2 Å². The van der Waals surface area contributed by atoms with Crippen LogP contribution in [0.25, 0.3) is 0 Å². The molecule has 0 bridgehead atoms. The maximum atomic E-state index is 12.2. The van der Waals surface area contributed by atoms with Gasteiger partial charge in [-0.15, -0.1) is 0 Å². The van der Waals surface area contributed by atoms with E-state index in [-0.39, 0.29) is 17.2 Å². The minimum Gasteiger partial charge on any atom is -0.412 e.